The smallest absolute Gasteiger partial charge is 0.352 e. The molecule has 0 aliphatic heterocycles. The molecule has 1 N–H and O–H groups in total. The molecule has 2 aromatic rings. The predicted octanol–water partition coefficient (Wildman–Crippen LogP) is 2.85. The Morgan fingerprint density at radius 2 is 1.89 bits per heavy atom. The van der Waals surface area contributed by atoms with Crippen molar-refractivity contribution in [2.24, 2.45) is 0 Å². The summed E-state index contributed by atoms with van der Waals surface area (Å²) < 4.78 is 2.59. The molecular weight excluding hydrogens is 343 g/mol. The first kappa shape index (κ1) is 12.9. The molecular formula is C13H13IN2O2. The van der Waals surface area contributed by atoms with Crippen molar-refractivity contribution in [3.05, 3.63) is 45.8 Å². The van der Waals surface area contributed by atoms with E-state index in [2.05, 4.69) is 22.6 Å². The molecule has 0 aliphatic carbocycles. The van der Waals surface area contributed by atoms with Crippen LogP contribution in [0.4, 0.5) is 5.69 Å². The number of carboxylic acid groups (broad SMARTS) is 1. The minimum atomic E-state index is -0.922. The van der Waals surface area contributed by atoms with Crippen molar-refractivity contribution < 1.29 is 9.90 Å². The van der Waals surface area contributed by atoms with Gasteiger partial charge in [0, 0.05) is 35.2 Å². The number of carbonyl (C=O) groups is 1. The zero-order chi connectivity index (χ0) is 13.3. The summed E-state index contributed by atoms with van der Waals surface area (Å²) >= 11 is 2.11. The Bertz CT molecular complexity index is 573. The van der Waals surface area contributed by atoms with Crippen LogP contribution in [0.25, 0.3) is 5.69 Å². The van der Waals surface area contributed by atoms with Crippen LogP contribution in [-0.4, -0.2) is 29.7 Å². The van der Waals surface area contributed by atoms with E-state index in [1.807, 2.05) is 49.5 Å². The molecule has 0 unspecified atom stereocenters. The van der Waals surface area contributed by atoms with Crippen molar-refractivity contribution in [3.8, 4) is 5.69 Å². The fourth-order valence-corrected chi connectivity index (χ4v) is 2.29. The highest BCUT2D eigenvalue weighted by molar-refractivity contribution is 14.1. The molecule has 0 atom stereocenters. The first-order valence-electron chi connectivity index (χ1n) is 5.38. The average Bonchev–Trinajstić information content (AvgIpc) is 2.71. The van der Waals surface area contributed by atoms with Crippen molar-refractivity contribution in [2.75, 3.05) is 19.0 Å². The Kier molecular flexibility index (Phi) is 3.60. The predicted molar refractivity (Wildman–Crippen MR) is 79.8 cm³/mol. The molecule has 2 rings (SSSR count). The van der Waals surface area contributed by atoms with E-state index in [0.717, 1.165) is 14.9 Å². The molecule has 0 spiro atoms. The van der Waals surface area contributed by atoms with Crippen LogP contribution in [0.3, 0.4) is 0 Å². The minimum absolute atomic E-state index is 0.275. The Hall–Kier alpha value is -1.50. The van der Waals surface area contributed by atoms with Crippen LogP contribution < -0.4 is 4.90 Å². The molecule has 5 heteroatoms. The zero-order valence-corrected chi connectivity index (χ0v) is 12.2. The van der Waals surface area contributed by atoms with E-state index in [9.17, 15) is 4.79 Å². The molecule has 1 aromatic heterocycles. The van der Waals surface area contributed by atoms with Crippen LogP contribution in [0.15, 0.2) is 36.5 Å². The van der Waals surface area contributed by atoms with E-state index in [-0.39, 0.29) is 5.69 Å². The number of aromatic carboxylic acids is 1. The van der Waals surface area contributed by atoms with Gasteiger partial charge in [-0.15, -0.1) is 0 Å². The minimum Gasteiger partial charge on any atom is -0.477 e. The second kappa shape index (κ2) is 5.01. The fraction of sp³-hybridized carbons (Fsp3) is 0.154. The van der Waals surface area contributed by atoms with Gasteiger partial charge in [-0.2, -0.15) is 0 Å². The Labute approximate surface area is 119 Å². The molecule has 0 amide bonds. The summed E-state index contributed by atoms with van der Waals surface area (Å²) in [5.74, 6) is -0.922. The largest absolute Gasteiger partial charge is 0.477 e. The molecule has 4 nitrogen and oxygen atoms in total. The first-order chi connectivity index (χ1) is 8.49. The lowest BCUT2D eigenvalue weighted by Crippen LogP contribution is -2.09. The molecule has 18 heavy (non-hydrogen) atoms. The Morgan fingerprint density at radius 3 is 2.39 bits per heavy atom. The van der Waals surface area contributed by atoms with Crippen LogP contribution >= 0.6 is 22.6 Å². The van der Waals surface area contributed by atoms with E-state index in [1.54, 1.807) is 10.6 Å². The SMILES string of the molecule is CN(C)c1ccc(-n2cc(I)cc2C(=O)O)cc1. The van der Waals surface area contributed by atoms with E-state index in [4.69, 9.17) is 5.11 Å². The number of carboxylic acids is 1. The highest BCUT2D eigenvalue weighted by atomic mass is 127. The number of hydrogen-bond donors (Lipinski definition) is 1. The summed E-state index contributed by atoms with van der Waals surface area (Å²) in [6.07, 6.45) is 1.81. The monoisotopic (exact) mass is 356 g/mol. The Morgan fingerprint density at radius 1 is 1.28 bits per heavy atom. The van der Waals surface area contributed by atoms with Crippen LogP contribution in [0, 0.1) is 3.57 Å². The van der Waals surface area contributed by atoms with Gasteiger partial charge in [0.25, 0.3) is 0 Å². The molecule has 0 saturated heterocycles. The first-order valence-corrected chi connectivity index (χ1v) is 6.46. The number of benzene rings is 1. The highest BCUT2D eigenvalue weighted by Crippen LogP contribution is 2.20. The van der Waals surface area contributed by atoms with E-state index < -0.39 is 5.97 Å². The summed E-state index contributed by atoms with van der Waals surface area (Å²) in [6.45, 7) is 0. The zero-order valence-electron chi connectivity index (χ0n) is 10.1. The molecule has 1 aromatic carbocycles. The lowest BCUT2D eigenvalue weighted by Gasteiger charge is -2.13. The van der Waals surface area contributed by atoms with Crippen LogP contribution in [0.1, 0.15) is 10.5 Å². The summed E-state index contributed by atoms with van der Waals surface area (Å²) in [6, 6.07) is 9.42. The van der Waals surface area contributed by atoms with Gasteiger partial charge in [0.15, 0.2) is 0 Å². The third kappa shape index (κ3) is 2.50. The van der Waals surface area contributed by atoms with Crippen molar-refractivity contribution in [1.29, 1.82) is 0 Å². The second-order valence-electron chi connectivity index (χ2n) is 4.13. The van der Waals surface area contributed by atoms with Crippen molar-refractivity contribution in [2.45, 2.75) is 0 Å². The third-order valence-electron chi connectivity index (χ3n) is 2.65. The maximum atomic E-state index is 11.2. The molecule has 0 radical (unpaired) electrons. The summed E-state index contributed by atoms with van der Waals surface area (Å²) in [5, 5.41) is 9.15. The van der Waals surface area contributed by atoms with Crippen LogP contribution in [-0.2, 0) is 0 Å². The van der Waals surface area contributed by atoms with E-state index in [1.165, 1.54) is 0 Å². The lowest BCUT2D eigenvalue weighted by molar-refractivity contribution is 0.0688. The highest BCUT2D eigenvalue weighted by Gasteiger charge is 2.12. The number of halogens is 1. The molecule has 0 fully saturated rings. The number of rotatable bonds is 3. The molecule has 0 bridgehead atoms. The summed E-state index contributed by atoms with van der Waals surface area (Å²) in [5.41, 5.74) is 2.20. The standard InChI is InChI=1S/C13H13IN2O2/c1-15(2)10-3-5-11(6-4-10)16-8-9(14)7-12(16)13(17)18/h3-8H,1-2H3,(H,17,18). The normalized spacial score (nSPS) is 10.4. The van der Waals surface area contributed by atoms with Gasteiger partial charge >= 0.3 is 5.97 Å². The molecule has 1 heterocycles. The van der Waals surface area contributed by atoms with Gasteiger partial charge < -0.3 is 14.6 Å². The van der Waals surface area contributed by atoms with E-state index in [0.29, 0.717) is 0 Å². The van der Waals surface area contributed by atoms with Crippen molar-refractivity contribution in [1.82, 2.24) is 4.57 Å². The van der Waals surface area contributed by atoms with Crippen LogP contribution in [0.2, 0.25) is 0 Å². The fourth-order valence-electron chi connectivity index (χ4n) is 1.72. The molecule has 0 saturated carbocycles. The van der Waals surface area contributed by atoms with Crippen molar-refractivity contribution >= 4 is 34.2 Å². The maximum absolute atomic E-state index is 11.2. The topological polar surface area (TPSA) is 45.5 Å². The average molecular weight is 356 g/mol. The summed E-state index contributed by atoms with van der Waals surface area (Å²) in [7, 11) is 3.94. The second-order valence-corrected chi connectivity index (χ2v) is 5.38. The van der Waals surface area contributed by atoms with Gasteiger partial charge in [-0.3, -0.25) is 0 Å². The van der Waals surface area contributed by atoms with Gasteiger partial charge in [-0.05, 0) is 52.9 Å². The number of nitrogens with zero attached hydrogens (tertiary/aromatic N) is 2. The molecule has 0 aliphatic rings. The van der Waals surface area contributed by atoms with Gasteiger partial charge in [-0.25, -0.2) is 4.79 Å². The van der Waals surface area contributed by atoms with Gasteiger partial charge in [-0.1, -0.05) is 0 Å². The summed E-state index contributed by atoms with van der Waals surface area (Å²) in [4.78, 5) is 13.2. The van der Waals surface area contributed by atoms with Gasteiger partial charge in [0.05, 0.1) is 0 Å². The number of hydrogen-bond acceptors (Lipinski definition) is 2. The van der Waals surface area contributed by atoms with E-state index >= 15 is 0 Å². The lowest BCUT2D eigenvalue weighted by atomic mass is 10.2. The quantitative estimate of drug-likeness (QED) is 0.861. The maximum Gasteiger partial charge on any atom is 0.352 e. The van der Waals surface area contributed by atoms with Crippen molar-refractivity contribution in [3.63, 3.8) is 0 Å². The molecule has 94 valence electrons. The van der Waals surface area contributed by atoms with Gasteiger partial charge in [0.1, 0.15) is 5.69 Å². The van der Waals surface area contributed by atoms with Crippen LogP contribution in [0.5, 0.6) is 0 Å². The number of anilines is 1. The Balaban J connectivity index is 2.45. The third-order valence-corrected chi connectivity index (χ3v) is 3.24. The van der Waals surface area contributed by atoms with Gasteiger partial charge in [0.2, 0.25) is 0 Å². The number of aromatic nitrogens is 1.